The molecule has 3 nitrogen and oxygen atoms in total. The summed E-state index contributed by atoms with van der Waals surface area (Å²) in [6.07, 6.45) is 7.81. The molecule has 1 aromatic rings. The van der Waals surface area contributed by atoms with E-state index in [0.29, 0.717) is 16.9 Å². The van der Waals surface area contributed by atoms with Crippen LogP contribution < -0.4 is 5.73 Å². The molecule has 15 heavy (non-hydrogen) atoms. The zero-order valence-electron chi connectivity index (χ0n) is 9.54. The molecule has 1 atom stereocenters. The van der Waals surface area contributed by atoms with Crippen molar-refractivity contribution < 1.29 is 0 Å². The molecular formula is C11H20ClN3. The van der Waals surface area contributed by atoms with Crippen LogP contribution in [0.4, 0.5) is 5.82 Å². The van der Waals surface area contributed by atoms with Gasteiger partial charge in [0.15, 0.2) is 0 Å². The maximum atomic E-state index is 5.85. The summed E-state index contributed by atoms with van der Waals surface area (Å²) in [7, 11) is 0. The molecule has 0 aliphatic rings. The average Bonchev–Trinajstić information content (AvgIpc) is 2.55. The van der Waals surface area contributed by atoms with Gasteiger partial charge in [0.25, 0.3) is 0 Å². The van der Waals surface area contributed by atoms with E-state index < -0.39 is 0 Å². The SMILES string of the molecule is CCCCCCC(C)n1ncc(Cl)c1N. The second kappa shape index (κ2) is 6.01. The Hall–Kier alpha value is -0.700. The number of rotatable bonds is 6. The third-order valence-corrected chi connectivity index (χ3v) is 2.97. The molecule has 1 rings (SSSR count). The van der Waals surface area contributed by atoms with Crippen LogP contribution in [-0.4, -0.2) is 9.78 Å². The number of nitrogens with zero attached hydrogens (tertiary/aromatic N) is 2. The highest BCUT2D eigenvalue weighted by Crippen LogP contribution is 2.23. The molecular weight excluding hydrogens is 210 g/mol. The van der Waals surface area contributed by atoms with Gasteiger partial charge in [0.05, 0.1) is 12.2 Å². The lowest BCUT2D eigenvalue weighted by Gasteiger charge is -2.13. The van der Waals surface area contributed by atoms with Crippen LogP contribution in [0.5, 0.6) is 0 Å². The van der Waals surface area contributed by atoms with Gasteiger partial charge < -0.3 is 5.73 Å². The molecule has 0 radical (unpaired) electrons. The predicted octanol–water partition coefficient (Wildman–Crippen LogP) is 3.65. The normalized spacial score (nSPS) is 13.0. The molecule has 0 aromatic carbocycles. The highest BCUT2D eigenvalue weighted by Gasteiger charge is 2.10. The molecule has 2 N–H and O–H groups in total. The number of hydrogen-bond donors (Lipinski definition) is 1. The number of nitrogen functional groups attached to an aromatic ring is 1. The summed E-state index contributed by atoms with van der Waals surface area (Å²) in [5.41, 5.74) is 5.80. The van der Waals surface area contributed by atoms with E-state index in [4.69, 9.17) is 17.3 Å². The van der Waals surface area contributed by atoms with Gasteiger partial charge in [-0.05, 0) is 13.3 Å². The fraction of sp³-hybridized carbons (Fsp3) is 0.727. The number of aromatic nitrogens is 2. The van der Waals surface area contributed by atoms with Crippen LogP contribution in [0.25, 0.3) is 0 Å². The first kappa shape index (κ1) is 12.4. The van der Waals surface area contributed by atoms with E-state index in [1.54, 1.807) is 6.20 Å². The molecule has 0 spiro atoms. The highest BCUT2D eigenvalue weighted by atomic mass is 35.5. The third-order valence-electron chi connectivity index (χ3n) is 2.68. The van der Waals surface area contributed by atoms with E-state index in [0.717, 1.165) is 6.42 Å². The van der Waals surface area contributed by atoms with Crippen molar-refractivity contribution in [2.75, 3.05) is 5.73 Å². The molecule has 1 aromatic heterocycles. The summed E-state index contributed by atoms with van der Waals surface area (Å²) in [6, 6.07) is 0.342. The molecule has 0 bridgehead atoms. The van der Waals surface area contributed by atoms with Crippen LogP contribution in [0, 0.1) is 0 Å². The molecule has 0 fully saturated rings. The molecule has 0 aliphatic carbocycles. The Balaban J connectivity index is 2.40. The minimum atomic E-state index is 0.342. The minimum absolute atomic E-state index is 0.342. The van der Waals surface area contributed by atoms with E-state index >= 15 is 0 Å². The first-order valence-corrected chi connectivity index (χ1v) is 6.03. The van der Waals surface area contributed by atoms with Crippen molar-refractivity contribution in [2.24, 2.45) is 0 Å². The lowest BCUT2D eigenvalue weighted by Crippen LogP contribution is -2.10. The van der Waals surface area contributed by atoms with Gasteiger partial charge in [0, 0.05) is 0 Å². The zero-order valence-corrected chi connectivity index (χ0v) is 10.3. The predicted molar refractivity (Wildman–Crippen MR) is 65.1 cm³/mol. The van der Waals surface area contributed by atoms with Gasteiger partial charge >= 0.3 is 0 Å². The second-order valence-electron chi connectivity index (χ2n) is 4.02. The third kappa shape index (κ3) is 3.42. The Morgan fingerprint density at radius 3 is 2.73 bits per heavy atom. The molecule has 0 saturated heterocycles. The van der Waals surface area contributed by atoms with Gasteiger partial charge in [-0.2, -0.15) is 5.10 Å². The van der Waals surface area contributed by atoms with Gasteiger partial charge in [-0.25, -0.2) is 4.68 Å². The lowest BCUT2D eigenvalue weighted by molar-refractivity contribution is 0.441. The summed E-state index contributed by atoms with van der Waals surface area (Å²) in [5, 5.41) is 4.73. The molecule has 0 amide bonds. The Labute approximate surface area is 96.6 Å². The number of nitrogens with two attached hydrogens (primary N) is 1. The van der Waals surface area contributed by atoms with Crippen molar-refractivity contribution in [1.29, 1.82) is 0 Å². The monoisotopic (exact) mass is 229 g/mol. The summed E-state index contributed by atoms with van der Waals surface area (Å²) in [6.45, 7) is 4.35. The Morgan fingerprint density at radius 1 is 1.47 bits per heavy atom. The Bertz CT molecular complexity index is 296. The number of halogens is 1. The van der Waals surface area contributed by atoms with E-state index in [2.05, 4.69) is 18.9 Å². The standard InChI is InChI=1S/C11H20ClN3/c1-3-4-5-6-7-9(2)15-11(13)10(12)8-14-15/h8-9H,3-7,13H2,1-2H3. The summed E-state index contributed by atoms with van der Waals surface area (Å²) < 4.78 is 1.81. The molecule has 0 aliphatic heterocycles. The van der Waals surface area contributed by atoms with Gasteiger partial charge in [-0.3, -0.25) is 0 Å². The first-order valence-electron chi connectivity index (χ1n) is 5.65. The topological polar surface area (TPSA) is 43.8 Å². The fourth-order valence-electron chi connectivity index (χ4n) is 1.69. The number of unbranched alkanes of at least 4 members (excludes halogenated alkanes) is 3. The van der Waals surface area contributed by atoms with Gasteiger partial charge in [-0.1, -0.05) is 44.2 Å². The van der Waals surface area contributed by atoms with Crippen LogP contribution in [0.1, 0.15) is 52.0 Å². The van der Waals surface area contributed by atoms with E-state index in [1.165, 1.54) is 25.7 Å². The summed E-state index contributed by atoms with van der Waals surface area (Å²) in [4.78, 5) is 0. The van der Waals surface area contributed by atoms with Crippen molar-refractivity contribution in [3.63, 3.8) is 0 Å². The molecule has 1 heterocycles. The molecule has 0 saturated carbocycles. The van der Waals surface area contributed by atoms with Crippen molar-refractivity contribution in [2.45, 2.75) is 52.0 Å². The van der Waals surface area contributed by atoms with Crippen LogP contribution >= 0.6 is 11.6 Å². The van der Waals surface area contributed by atoms with Gasteiger partial charge in [0.2, 0.25) is 0 Å². The highest BCUT2D eigenvalue weighted by molar-refractivity contribution is 6.32. The maximum Gasteiger partial charge on any atom is 0.140 e. The average molecular weight is 230 g/mol. The second-order valence-corrected chi connectivity index (χ2v) is 4.43. The van der Waals surface area contributed by atoms with E-state index in [9.17, 15) is 0 Å². The maximum absolute atomic E-state index is 5.85. The first-order chi connectivity index (χ1) is 7.16. The molecule has 86 valence electrons. The number of anilines is 1. The van der Waals surface area contributed by atoms with Crippen LogP contribution in [-0.2, 0) is 0 Å². The summed E-state index contributed by atoms with van der Waals surface area (Å²) >= 11 is 5.85. The van der Waals surface area contributed by atoms with Crippen molar-refractivity contribution >= 4 is 17.4 Å². The quantitative estimate of drug-likeness (QED) is 0.757. The van der Waals surface area contributed by atoms with Gasteiger partial charge in [0.1, 0.15) is 10.8 Å². The largest absolute Gasteiger partial charge is 0.383 e. The van der Waals surface area contributed by atoms with E-state index in [1.807, 2.05) is 4.68 Å². The zero-order chi connectivity index (χ0) is 11.3. The van der Waals surface area contributed by atoms with Gasteiger partial charge in [-0.15, -0.1) is 0 Å². The van der Waals surface area contributed by atoms with Crippen molar-refractivity contribution in [3.8, 4) is 0 Å². The molecule has 1 unspecified atom stereocenters. The minimum Gasteiger partial charge on any atom is -0.383 e. The lowest BCUT2D eigenvalue weighted by atomic mass is 10.1. The smallest absolute Gasteiger partial charge is 0.140 e. The van der Waals surface area contributed by atoms with Crippen molar-refractivity contribution in [3.05, 3.63) is 11.2 Å². The van der Waals surface area contributed by atoms with Crippen LogP contribution in [0.15, 0.2) is 6.20 Å². The van der Waals surface area contributed by atoms with E-state index in [-0.39, 0.29) is 0 Å². The van der Waals surface area contributed by atoms with Crippen LogP contribution in [0.3, 0.4) is 0 Å². The summed E-state index contributed by atoms with van der Waals surface area (Å²) in [5.74, 6) is 0.583. The van der Waals surface area contributed by atoms with Crippen LogP contribution in [0.2, 0.25) is 5.02 Å². The van der Waals surface area contributed by atoms with Crippen molar-refractivity contribution in [1.82, 2.24) is 9.78 Å². The fourth-order valence-corrected chi connectivity index (χ4v) is 1.82. The Kier molecular flexibility index (Phi) is 4.95. The Morgan fingerprint density at radius 2 is 2.20 bits per heavy atom. The number of hydrogen-bond acceptors (Lipinski definition) is 2. The molecule has 4 heteroatoms.